The Bertz CT molecular complexity index is 831. The lowest BCUT2D eigenvalue weighted by Gasteiger charge is -2.03. The van der Waals surface area contributed by atoms with Crippen LogP contribution in [0.5, 0.6) is 0 Å². The first kappa shape index (κ1) is 9.79. The molecule has 1 N–H and O–H groups in total. The van der Waals surface area contributed by atoms with E-state index in [1.54, 1.807) is 11.3 Å². The molecule has 0 spiro atoms. The fourth-order valence-electron chi connectivity index (χ4n) is 2.20. The maximum Gasteiger partial charge on any atom is 0.0966 e. The minimum Gasteiger partial charge on any atom is -0.353 e. The first-order chi connectivity index (χ1) is 8.92. The van der Waals surface area contributed by atoms with Crippen molar-refractivity contribution in [2.75, 3.05) is 0 Å². The number of hydrogen-bond acceptors (Lipinski definition) is 3. The molecular formula is C14H9N3S. The molecule has 0 fully saturated rings. The molecule has 18 heavy (non-hydrogen) atoms. The van der Waals surface area contributed by atoms with Crippen molar-refractivity contribution in [1.29, 1.82) is 0 Å². The highest BCUT2D eigenvalue weighted by Crippen LogP contribution is 2.28. The van der Waals surface area contributed by atoms with E-state index in [0.717, 1.165) is 22.1 Å². The third-order valence-electron chi connectivity index (χ3n) is 3.08. The summed E-state index contributed by atoms with van der Waals surface area (Å²) in [6.45, 7) is 0. The SMILES string of the molecule is c1csc(-c2ccc3ccc4nncc4c3[nH]2)c1. The second kappa shape index (κ2) is 3.65. The molecule has 3 nitrogen and oxygen atoms in total. The number of aromatic amines is 1. The van der Waals surface area contributed by atoms with Gasteiger partial charge >= 0.3 is 0 Å². The predicted octanol–water partition coefficient (Wildman–Crippen LogP) is 3.84. The van der Waals surface area contributed by atoms with E-state index in [1.165, 1.54) is 10.3 Å². The maximum atomic E-state index is 4.09. The normalized spacial score (nSPS) is 11.3. The molecule has 0 bridgehead atoms. The van der Waals surface area contributed by atoms with Crippen LogP contribution in [0.4, 0.5) is 0 Å². The molecular weight excluding hydrogens is 242 g/mol. The van der Waals surface area contributed by atoms with Gasteiger partial charge in [-0.25, -0.2) is 0 Å². The zero-order chi connectivity index (χ0) is 11.9. The quantitative estimate of drug-likeness (QED) is 0.558. The molecule has 0 aliphatic heterocycles. The fraction of sp³-hybridized carbons (Fsp3) is 0. The number of fused-ring (bicyclic) bond motifs is 3. The number of rotatable bonds is 1. The Morgan fingerprint density at radius 2 is 2.00 bits per heavy atom. The van der Waals surface area contributed by atoms with Crippen LogP contribution in [-0.2, 0) is 0 Å². The fourth-order valence-corrected chi connectivity index (χ4v) is 2.90. The molecule has 4 rings (SSSR count). The molecule has 4 heteroatoms. The molecule has 4 aromatic rings. The zero-order valence-electron chi connectivity index (χ0n) is 9.42. The number of nitrogens with zero attached hydrogens (tertiary/aromatic N) is 2. The molecule has 0 radical (unpaired) electrons. The average molecular weight is 251 g/mol. The van der Waals surface area contributed by atoms with Gasteiger partial charge in [0, 0.05) is 5.39 Å². The van der Waals surface area contributed by atoms with Crippen LogP contribution in [0.2, 0.25) is 0 Å². The molecule has 0 unspecified atom stereocenters. The average Bonchev–Trinajstić information content (AvgIpc) is 3.09. The van der Waals surface area contributed by atoms with E-state index in [2.05, 4.69) is 50.9 Å². The van der Waals surface area contributed by atoms with Crippen LogP contribution < -0.4 is 0 Å². The minimum atomic E-state index is 0.932. The number of H-pyrrole nitrogens is 1. The lowest BCUT2D eigenvalue weighted by Crippen LogP contribution is -1.83. The molecule has 0 aliphatic carbocycles. The highest BCUT2D eigenvalue weighted by Gasteiger charge is 2.05. The summed E-state index contributed by atoms with van der Waals surface area (Å²) in [6, 6.07) is 12.5. The van der Waals surface area contributed by atoms with Crippen molar-refractivity contribution in [3.05, 3.63) is 48.0 Å². The first-order valence-corrected chi connectivity index (χ1v) is 6.57. The molecule has 0 amide bonds. The Morgan fingerprint density at radius 1 is 1.06 bits per heavy atom. The van der Waals surface area contributed by atoms with Crippen molar-refractivity contribution in [2.45, 2.75) is 0 Å². The van der Waals surface area contributed by atoms with Crippen molar-refractivity contribution in [3.63, 3.8) is 0 Å². The van der Waals surface area contributed by atoms with Gasteiger partial charge in [0.15, 0.2) is 0 Å². The summed E-state index contributed by atoms with van der Waals surface area (Å²) in [5.41, 5.74) is 3.16. The molecule has 3 aromatic heterocycles. The van der Waals surface area contributed by atoms with Gasteiger partial charge in [-0.15, -0.1) is 11.3 Å². The van der Waals surface area contributed by atoms with Crippen LogP contribution in [0.25, 0.3) is 32.4 Å². The van der Waals surface area contributed by atoms with Crippen molar-refractivity contribution in [2.24, 2.45) is 0 Å². The Kier molecular flexibility index (Phi) is 1.98. The van der Waals surface area contributed by atoms with E-state index in [4.69, 9.17) is 0 Å². The Hall–Kier alpha value is -2.20. The number of pyridine rings is 1. The highest BCUT2D eigenvalue weighted by molar-refractivity contribution is 7.13. The number of benzene rings is 1. The zero-order valence-corrected chi connectivity index (χ0v) is 10.2. The lowest BCUT2D eigenvalue weighted by atomic mass is 10.1. The van der Waals surface area contributed by atoms with Crippen LogP contribution in [-0.4, -0.2) is 15.2 Å². The van der Waals surface area contributed by atoms with Crippen LogP contribution in [0.1, 0.15) is 0 Å². The minimum absolute atomic E-state index is 0.932. The summed E-state index contributed by atoms with van der Waals surface area (Å²) in [5.74, 6) is 0. The van der Waals surface area contributed by atoms with Crippen molar-refractivity contribution >= 4 is 33.1 Å². The smallest absolute Gasteiger partial charge is 0.0966 e. The molecule has 0 atom stereocenters. The lowest BCUT2D eigenvalue weighted by molar-refractivity contribution is 1.12. The van der Waals surface area contributed by atoms with Gasteiger partial charge in [0.2, 0.25) is 0 Å². The molecule has 86 valence electrons. The summed E-state index contributed by atoms with van der Waals surface area (Å²) in [6.07, 6.45) is 1.81. The van der Waals surface area contributed by atoms with E-state index in [9.17, 15) is 0 Å². The van der Waals surface area contributed by atoms with Gasteiger partial charge in [-0.3, -0.25) is 0 Å². The van der Waals surface area contributed by atoms with E-state index < -0.39 is 0 Å². The van der Waals surface area contributed by atoms with Crippen molar-refractivity contribution < 1.29 is 0 Å². The summed E-state index contributed by atoms with van der Waals surface area (Å²) in [4.78, 5) is 4.73. The van der Waals surface area contributed by atoms with E-state index in [0.29, 0.717) is 0 Å². The number of nitrogens with one attached hydrogen (secondary N) is 1. The summed E-state index contributed by atoms with van der Waals surface area (Å²) < 4.78 is 0. The van der Waals surface area contributed by atoms with Gasteiger partial charge in [0.1, 0.15) is 0 Å². The van der Waals surface area contributed by atoms with Crippen LogP contribution >= 0.6 is 11.3 Å². The second-order valence-corrected chi connectivity index (χ2v) is 5.10. The first-order valence-electron chi connectivity index (χ1n) is 5.69. The Morgan fingerprint density at radius 3 is 2.89 bits per heavy atom. The van der Waals surface area contributed by atoms with Crippen LogP contribution in [0.15, 0.2) is 48.0 Å². The number of aromatic nitrogens is 3. The van der Waals surface area contributed by atoms with E-state index in [1.807, 2.05) is 12.3 Å². The third kappa shape index (κ3) is 1.36. The van der Waals surface area contributed by atoms with Gasteiger partial charge in [-0.2, -0.15) is 10.2 Å². The topological polar surface area (TPSA) is 41.6 Å². The van der Waals surface area contributed by atoms with Gasteiger partial charge < -0.3 is 4.98 Å². The van der Waals surface area contributed by atoms with Gasteiger partial charge in [0.25, 0.3) is 0 Å². The van der Waals surface area contributed by atoms with Crippen LogP contribution in [0.3, 0.4) is 0 Å². The number of thiophene rings is 1. The van der Waals surface area contributed by atoms with Crippen LogP contribution in [0, 0.1) is 0 Å². The standard InChI is InChI=1S/C14H9N3S/c1-2-13(18-7-1)12-6-4-9-3-5-11-10(8-15-17-11)14(9)16-12/h1-8,16H. The largest absolute Gasteiger partial charge is 0.353 e. The summed E-state index contributed by atoms with van der Waals surface area (Å²) in [5, 5.41) is 12.4. The summed E-state index contributed by atoms with van der Waals surface area (Å²) >= 11 is 1.73. The number of hydrogen-bond donors (Lipinski definition) is 1. The monoisotopic (exact) mass is 251 g/mol. The van der Waals surface area contributed by atoms with E-state index in [-0.39, 0.29) is 0 Å². The third-order valence-corrected chi connectivity index (χ3v) is 3.99. The second-order valence-electron chi connectivity index (χ2n) is 4.16. The maximum absolute atomic E-state index is 4.09. The van der Waals surface area contributed by atoms with Crippen molar-refractivity contribution in [1.82, 2.24) is 15.2 Å². The van der Waals surface area contributed by atoms with Gasteiger partial charge in [-0.05, 0) is 29.0 Å². The highest BCUT2D eigenvalue weighted by atomic mass is 32.1. The molecule has 0 saturated carbocycles. The summed E-state index contributed by atoms with van der Waals surface area (Å²) in [7, 11) is 0. The van der Waals surface area contributed by atoms with Crippen molar-refractivity contribution in [3.8, 4) is 10.6 Å². The molecule has 1 aromatic carbocycles. The Balaban J connectivity index is 2.08. The van der Waals surface area contributed by atoms with Gasteiger partial charge in [0.05, 0.1) is 27.8 Å². The van der Waals surface area contributed by atoms with E-state index >= 15 is 0 Å². The molecule has 3 heterocycles. The molecule has 0 aliphatic rings. The predicted molar refractivity (Wildman–Crippen MR) is 74.7 cm³/mol. The Labute approximate surface area is 107 Å². The molecule has 0 saturated heterocycles. The van der Waals surface area contributed by atoms with Gasteiger partial charge in [-0.1, -0.05) is 18.2 Å².